The molecular weight excluding hydrogens is 283 g/mol. The van der Waals surface area contributed by atoms with Gasteiger partial charge in [0, 0.05) is 24.7 Å². The van der Waals surface area contributed by atoms with Gasteiger partial charge in [0.25, 0.3) is 5.91 Å². The van der Waals surface area contributed by atoms with E-state index in [0.29, 0.717) is 11.3 Å². The van der Waals surface area contributed by atoms with Crippen LogP contribution in [0.25, 0.3) is 0 Å². The lowest BCUT2D eigenvalue weighted by Gasteiger charge is -2.19. The van der Waals surface area contributed by atoms with Crippen molar-refractivity contribution in [1.82, 2.24) is 0 Å². The summed E-state index contributed by atoms with van der Waals surface area (Å²) in [5.41, 5.74) is 1.61. The van der Waals surface area contributed by atoms with E-state index in [1.54, 1.807) is 25.2 Å². The van der Waals surface area contributed by atoms with Crippen molar-refractivity contribution in [3.63, 3.8) is 0 Å². The topological polar surface area (TPSA) is 41.9 Å². The molecule has 1 aliphatic rings. The van der Waals surface area contributed by atoms with Crippen molar-refractivity contribution < 1.29 is 14.0 Å². The summed E-state index contributed by atoms with van der Waals surface area (Å²) in [6, 6.07) is 15.6. The molecule has 22 heavy (non-hydrogen) atoms. The first-order chi connectivity index (χ1) is 10.7. The minimum absolute atomic E-state index is 0.207. The maximum atomic E-state index is 13.8. The van der Waals surface area contributed by atoms with Gasteiger partial charge in [-0.1, -0.05) is 41.6 Å². The van der Waals surface area contributed by atoms with Crippen molar-refractivity contribution in [2.75, 3.05) is 11.9 Å². The molecule has 0 unspecified atom stereocenters. The van der Waals surface area contributed by atoms with Crippen molar-refractivity contribution in [1.29, 1.82) is 0 Å². The lowest BCUT2D eigenvalue weighted by atomic mass is 10.0. The minimum atomic E-state index is -0.722. The first kappa shape index (κ1) is 14.3. The highest BCUT2D eigenvalue weighted by molar-refractivity contribution is 6.06. The second-order valence-corrected chi connectivity index (χ2v) is 5.05. The molecule has 0 fully saturated rings. The van der Waals surface area contributed by atoms with Crippen molar-refractivity contribution in [2.45, 2.75) is 12.5 Å². The predicted octanol–water partition coefficient (Wildman–Crippen LogP) is 2.98. The molecule has 2 aromatic rings. The molecule has 0 bridgehead atoms. The van der Waals surface area contributed by atoms with Gasteiger partial charge in [-0.25, -0.2) is 4.39 Å². The van der Waals surface area contributed by atoms with Crippen molar-refractivity contribution in [2.24, 2.45) is 5.16 Å². The third-order valence-electron chi connectivity index (χ3n) is 3.60. The van der Waals surface area contributed by atoms with Crippen LogP contribution in [0.15, 0.2) is 59.8 Å². The zero-order valence-corrected chi connectivity index (χ0v) is 12.1. The van der Waals surface area contributed by atoms with E-state index in [2.05, 4.69) is 5.16 Å². The maximum absolute atomic E-state index is 13.8. The van der Waals surface area contributed by atoms with Gasteiger partial charge in [0.15, 0.2) is 0 Å². The second kappa shape index (κ2) is 5.97. The molecule has 0 saturated heterocycles. The summed E-state index contributed by atoms with van der Waals surface area (Å²) >= 11 is 0. The van der Waals surface area contributed by atoms with E-state index in [9.17, 15) is 9.18 Å². The van der Waals surface area contributed by atoms with Gasteiger partial charge >= 0.3 is 0 Å². The number of anilines is 1. The van der Waals surface area contributed by atoms with Crippen LogP contribution in [0.2, 0.25) is 0 Å². The molecule has 5 heteroatoms. The lowest BCUT2D eigenvalue weighted by Crippen LogP contribution is -2.36. The third-order valence-corrected chi connectivity index (χ3v) is 3.60. The molecule has 3 rings (SSSR count). The zero-order chi connectivity index (χ0) is 15.5. The number of hydrogen-bond acceptors (Lipinski definition) is 3. The van der Waals surface area contributed by atoms with Gasteiger partial charge in [0.2, 0.25) is 6.10 Å². The number of benzene rings is 2. The molecule has 1 heterocycles. The third kappa shape index (κ3) is 2.70. The Morgan fingerprint density at radius 2 is 1.86 bits per heavy atom. The summed E-state index contributed by atoms with van der Waals surface area (Å²) in [5, 5.41) is 3.87. The number of oxime groups is 1. The van der Waals surface area contributed by atoms with Crippen LogP contribution in [0.4, 0.5) is 10.1 Å². The number of carbonyl (C=O) groups is 1. The number of likely N-dealkylation sites (N-methyl/N-ethyl adjacent to an activating group) is 1. The van der Waals surface area contributed by atoms with Gasteiger partial charge in [-0.2, -0.15) is 0 Å². The van der Waals surface area contributed by atoms with Crippen molar-refractivity contribution in [3.05, 3.63) is 66.0 Å². The Balaban J connectivity index is 1.72. The summed E-state index contributed by atoms with van der Waals surface area (Å²) in [6.45, 7) is 0. The molecule has 1 amide bonds. The van der Waals surface area contributed by atoms with Gasteiger partial charge in [0.1, 0.15) is 5.82 Å². The molecule has 112 valence electrons. The number of hydrogen-bond donors (Lipinski definition) is 0. The first-order valence-electron chi connectivity index (χ1n) is 6.97. The highest BCUT2D eigenvalue weighted by atomic mass is 19.1. The van der Waals surface area contributed by atoms with E-state index >= 15 is 0 Å². The Kier molecular flexibility index (Phi) is 3.87. The molecule has 1 aliphatic heterocycles. The van der Waals surface area contributed by atoms with Gasteiger partial charge in [-0.15, -0.1) is 0 Å². The average Bonchev–Trinajstić information content (AvgIpc) is 3.04. The summed E-state index contributed by atoms with van der Waals surface area (Å²) < 4.78 is 13.8. The monoisotopic (exact) mass is 298 g/mol. The van der Waals surface area contributed by atoms with Gasteiger partial charge in [-0.05, 0) is 18.2 Å². The van der Waals surface area contributed by atoms with Crippen molar-refractivity contribution >= 4 is 17.3 Å². The van der Waals surface area contributed by atoms with Gasteiger partial charge in [0.05, 0.1) is 5.71 Å². The number of carbonyl (C=O) groups excluding carboxylic acids is 1. The van der Waals surface area contributed by atoms with E-state index in [1.807, 2.05) is 30.3 Å². The fourth-order valence-corrected chi connectivity index (χ4v) is 2.36. The quantitative estimate of drug-likeness (QED) is 0.874. The molecular formula is C17H15FN2O2. The van der Waals surface area contributed by atoms with Crippen LogP contribution < -0.4 is 4.90 Å². The molecule has 2 aromatic carbocycles. The molecule has 0 radical (unpaired) electrons. The molecule has 0 aromatic heterocycles. The minimum Gasteiger partial charge on any atom is -0.382 e. The van der Waals surface area contributed by atoms with Gasteiger partial charge in [-0.3, -0.25) is 4.79 Å². The fraction of sp³-hybridized carbons (Fsp3) is 0.176. The summed E-state index contributed by atoms with van der Waals surface area (Å²) in [6.07, 6.45) is -0.462. The predicted molar refractivity (Wildman–Crippen MR) is 82.3 cm³/mol. The fourth-order valence-electron chi connectivity index (χ4n) is 2.36. The van der Waals surface area contributed by atoms with Gasteiger partial charge < -0.3 is 9.74 Å². The van der Waals surface area contributed by atoms with Crippen LogP contribution in [0.3, 0.4) is 0 Å². The van der Waals surface area contributed by atoms with Crippen molar-refractivity contribution in [3.8, 4) is 0 Å². The summed E-state index contributed by atoms with van der Waals surface area (Å²) in [4.78, 5) is 19.2. The highest BCUT2D eigenvalue weighted by Crippen LogP contribution is 2.22. The van der Waals surface area contributed by atoms with Crippen LogP contribution in [0.1, 0.15) is 12.0 Å². The van der Waals surface area contributed by atoms with E-state index in [4.69, 9.17) is 4.84 Å². The van der Waals surface area contributed by atoms with Crippen LogP contribution in [-0.2, 0) is 9.63 Å². The van der Waals surface area contributed by atoms with E-state index < -0.39 is 6.10 Å². The van der Waals surface area contributed by atoms with E-state index in [0.717, 1.165) is 5.69 Å². The second-order valence-electron chi connectivity index (χ2n) is 5.05. The number of nitrogens with zero attached hydrogens (tertiary/aromatic N) is 2. The maximum Gasteiger partial charge on any atom is 0.271 e. The van der Waals surface area contributed by atoms with E-state index in [-0.39, 0.29) is 18.1 Å². The van der Waals surface area contributed by atoms with Crippen LogP contribution in [0.5, 0.6) is 0 Å². The molecule has 0 saturated carbocycles. The highest BCUT2D eigenvalue weighted by Gasteiger charge is 2.32. The summed E-state index contributed by atoms with van der Waals surface area (Å²) in [7, 11) is 1.68. The SMILES string of the molecule is CN(C(=O)[C@H]1CC(c2ccccc2F)=NO1)c1ccccc1. The normalized spacial score (nSPS) is 16.8. The largest absolute Gasteiger partial charge is 0.382 e. The Bertz CT molecular complexity index is 716. The Morgan fingerprint density at radius 3 is 2.59 bits per heavy atom. The molecule has 0 N–H and O–H groups in total. The Hall–Kier alpha value is -2.69. The number of amides is 1. The molecule has 0 spiro atoms. The molecule has 0 aliphatic carbocycles. The van der Waals surface area contributed by atoms with Crippen LogP contribution in [-0.4, -0.2) is 24.8 Å². The molecule has 1 atom stereocenters. The first-order valence-corrected chi connectivity index (χ1v) is 6.97. The van der Waals surface area contributed by atoms with Crippen LogP contribution >= 0.6 is 0 Å². The average molecular weight is 298 g/mol. The van der Waals surface area contributed by atoms with Crippen LogP contribution in [0, 0.1) is 5.82 Å². The number of para-hydroxylation sites is 1. The lowest BCUT2D eigenvalue weighted by molar-refractivity contribution is -0.128. The smallest absolute Gasteiger partial charge is 0.271 e. The number of halogens is 1. The number of rotatable bonds is 3. The zero-order valence-electron chi connectivity index (χ0n) is 12.1. The summed E-state index contributed by atoms with van der Waals surface area (Å²) in [5.74, 6) is -0.573. The Labute approximate surface area is 127 Å². The molecule has 4 nitrogen and oxygen atoms in total. The Morgan fingerprint density at radius 1 is 1.18 bits per heavy atom. The standard InChI is InChI=1S/C17H15FN2O2/c1-20(12-7-3-2-4-8-12)17(21)16-11-15(19-22-16)13-9-5-6-10-14(13)18/h2-10,16H,11H2,1H3/t16-/m1/s1. The van der Waals surface area contributed by atoms with E-state index in [1.165, 1.54) is 11.0 Å².